The Hall–Kier alpha value is -4.60. The van der Waals surface area contributed by atoms with Gasteiger partial charge in [0.05, 0.1) is 13.2 Å². The van der Waals surface area contributed by atoms with Gasteiger partial charge in [-0.3, -0.25) is 9.80 Å². The quantitative estimate of drug-likeness (QED) is 0.251. The molecule has 2 aromatic heterocycles. The van der Waals surface area contributed by atoms with Crippen molar-refractivity contribution in [2.24, 2.45) is 0 Å². The SMILES string of the molecule is COC(=O)C(Cc1c[nH]c2ccccc12)n1nnnc1[C@@H](c1ccccc1)N1CCN(C/C=C/c2ccccc2)CC1. The molecule has 42 heavy (non-hydrogen) atoms. The number of aromatic amines is 1. The number of nitrogens with zero attached hydrogens (tertiary/aromatic N) is 6. The standard InChI is InChI=1S/C33H35N7O2/c1-42-33(41)30(23-27-24-34-29-17-9-8-16-28(27)29)40-32(35-36-37-40)31(26-14-6-3-7-15-26)39-21-19-38(20-22-39)18-10-13-25-11-4-2-5-12-25/h2-17,24,30-31,34H,18-23H2,1H3/b13-10+/t30?,31-/m1/s1. The van der Waals surface area contributed by atoms with Gasteiger partial charge >= 0.3 is 5.97 Å². The van der Waals surface area contributed by atoms with Crippen LogP contribution in [0.1, 0.15) is 34.6 Å². The third-order valence-electron chi connectivity index (χ3n) is 7.98. The zero-order valence-electron chi connectivity index (χ0n) is 23.7. The number of esters is 1. The van der Waals surface area contributed by atoms with Crippen LogP contribution in [0.5, 0.6) is 0 Å². The van der Waals surface area contributed by atoms with Crippen molar-refractivity contribution < 1.29 is 9.53 Å². The molecule has 1 N–H and O–H groups in total. The lowest BCUT2D eigenvalue weighted by Gasteiger charge is -2.38. The van der Waals surface area contributed by atoms with Gasteiger partial charge in [0, 0.05) is 56.2 Å². The maximum Gasteiger partial charge on any atom is 0.331 e. The molecule has 214 valence electrons. The summed E-state index contributed by atoms with van der Waals surface area (Å²) in [6.07, 6.45) is 6.75. The van der Waals surface area contributed by atoms with Crippen LogP contribution in [-0.2, 0) is 16.0 Å². The fourth-order valence-corrected chi connectivity index (χ4v) is 5.78. The zero-order valence-corrected chi connectivity index (χ0v) is 23.7. The fraction of sp³-hybridized carbons (Fsp3) is 0.273. The minimum absolute atomic E-state index is 0.210. The molecule has 6 rings (SSSR count). The van der Waals surface area contributed by atoms with E-state index in [9.17, 15) is 4.79 Å². The Morgan fingerprint density at radius 1 is 0.952 bits per heavy atom. The number of rotatable bonds is 10. The van der Waals surface area contributed by atoms with Crippen LogP contribution in [0, 0.1) is 0 Å². The molecule has 0 saturated carbocycles. The van der Waals surface area contributed by atoms with Crippen LogP contribution >= 0.6 is 0 Å². The number of piperazine rings is 1. The first-order valence-corrected chi connectivity index (χ1v) is 14.3. The minimum atomic E-state index is -0.713. The van der Waals surface area contributed by atoms with Gasteiger partial charge in [0.1, 0.15) is 0 Å². The second-order valence-electron chi connectivity index (χ2n) is 10.5. The average molecular weight is 562 g/mol. The molecule has 1 fully saturated rings. The molecule has 9 nitrogen and oxygen atoms in total. The van der Waals surface area contributed by atoms with Gasteiger partial charge in [-0.2, -0.15) is 0 Å². The highest BCUT2D eigenvalue weighted by Gasteiger charge is 2.35. The van der Waals surface area contributed by atoms with Gasteiger partial charge in [-0.1, -0.05) is 91.0 Å². The molecule has 3 aromatic carbocycles. The van der Waals surface area contributed by atoms with Crippen molar-refractivity contribution >= 4 is 22.9 Å². The highest BCUT2D eigenvalue weighted by Crippen LogP contribution is 2.31. The maximum absolute atomic E-state index is 13.2. The number of H-pyrrole nitrogens is 1. The van der Waals surface area contributed by atoms with E-state index in [1.165, 1.54) is 12.7 Å². The van der Waals surface area contributed by atoms with Crippen molar-refractivity contribution in [3.05, 3.63) is 120 Å². The highest BCUT2D eigenvalue weighted by molar-refractivity contribution is 5.84. The Balaban J connectivity index is 1.25. The number of carbonyl (C=O) groups is 1. The van der Waals surface area contributed by atoms with Gasteiger partial charge in [0.2, 0.25) is 0 Å². The van der Waals surface area contributed by atoms with E-state index in [0.717, 1.165) is 54.8 Å². The summed E-state index contributed by atoms with van der Waals surface area (Å²) < 4.78 is 6.94. The Morgan fingerprint density at radius 3 is 2.43 bits per heavy atom. The Bertz CT molecular complexity index is 1620. The van der Waals surface area contributed by atoms with Crippen LogP contribution in [-0.4, -0.2) is 80.8 Å². The first kappa shape index (κ1) is 27.6. The Kier molecular flexibility index (Phi) is 8.48. The molecule has 1 saturated heterocycles. The summed E-state index contributed by atoms with van der Waals surface area (Å²) in [6.45, 7) is 4.42. The molecule has 5 aromatic rings. The fourth-order valence-electron chi connectivity index (χ4n) is 5.78. The van der Waals surface area contributed by atoms with Crippen molar-refractivity contribution in [1.82, 2.24) is 35.0 Å². The third kappa shape index (κ3) is 6.02. The van der Waals surface area contributed by atoms with Crippen LogP contribution in [0.3, 0.4) is 0 Å². The van der Waals surface area contributed by atoms with E-state index in [0.29, 0.717) is 12.2 Å². The largest absolute Gasteiger partial charge is 0.467 e. The number of para-hydroxylation sites is 1. The number of fused-ring (bicyclic) bond motifs is 1. The lowest BCUT2D eigenvalue weighted by molar-refractivity contribution is -0.145. The predicted octanol–water partition coefficient (Wildman–Crippen LogP) is 4.53. The summed E-state index contributed by atoms with van der Waals surface area (Å²) in [5, 5.41) is 14.0. The number of benzene rings is 3. The number of hydrogen-bond donors (Lipinski definition) is 1. The molecule has 0 amide bonds. The van der Waals surface area contributed by atoms with E-state index in [2.05, 4.69) is 84.9 Å². The molecular formula is C33H35N7O2. The average Bonchev–Trinajstić information content (AvgIpc) is 3.69. The summed E-state index contributed by atoms with van der Waals surface area (Å²) in [5.41, 5.74) is 4.32. The van der Waals surface area contributed by atoms with Crippen LogP contribution in [0.15, 0.2) is 97.2 Å². The summed E-state index contributed by atoms with van der Waals surface area (Å²) in [7, 11) is 1.41. The van der Waals surface area contributed by atoms with Crippen molar-refractivity contribution in [1.29, 1.82) is 0 Å². The van der Waals surface area contributed by atoms with Crippen LogP contribution in [0.4, 0.5) is 0 Å². The lowest BCUT2D eigenvalue weighted by Crippen LogP contribution is -2.48. The number of aromatic nitrogens is 5. The maximum atomic E-state index is 13.2. The van der Waals surface area contributed by atoms with E-state index in [4.69, 9.17) is 4.74 Å². The molecule has 0 aliphatic carbocycles. The number of ether oxygens (including phenoxy) is 1. The molecule has 9 heteroatoms. The molecule has 0 radical (unpaired) electrons. The second kappa shape index (κ2) is 12.9. The Labute approximate surface area is 245 Å². The van der Waals surface area contributed by atoms with Crippen molar-refractivity contribution in [3.63, 3.8) is 0 Å². The molecule has 3 heterocycles. The monoisotopic (exact) mass is 561 g/mol. The van der Waals surface area contributed by atoms with E-state index in [-0.39, 0.29) is 12.0 Å². The molecule has 1 aliphatic heterocycles. The summed E-state index contributed by atoms with van der Waals surface area (Å²) in [6, 6.07) is 27.8. The summed E-state index contributed by atoms with van der Waals surface area (Å²) in [4.78, 5) is 21.4. The van der Waals surface area contributed by atoms with E-state index >= 15 is 0 Å². The highest BCUT2D eigenvalue weighted by atomic mass is 16.5. The van der Waals surface area contributed by atoms with E-state index < -0.39 is 6.04 Å². The van der Waals surface area contributed by atoms with Gasteiger partial charge in [0.15, 0.2) is 11.9 Å². The number of hydrogen-bond acceptors (Lipinski definition) is 7. The van der Waals surface area contributed by atoms with Gasteiger partial charge in [-0.05, 0) is 33.2 Å². The van der Waals surface area contributed by atoms with Gasteiger partial charge in [-0.25, -0.2) is 9.48 Å². The van der Waals surface area contributed by atoms with Crippen molar-refractivity contribution in [2.45, 2.75) is 18.5 Å². The van der Waals surface area contributed by atoms with Crippen molar-refractivity contribution in [2.75, 3.05) is 39.8 Å². The molecule has 1 unspecified atom stereocenters. The number of methoxy groups -OCH3 is 1. The first-order valence-electron chi connectivity index (χ1n) is 14.3. The number of nitrogens with one attached hydrogen (secondary N) is 1. The van der Waals surface area contributed by atoms with Gasteiger partial charge in [0.25, 0.3) is 0 Å². The third-order valence-corrected chi connectivity index (χ3v) is 7.98. The topological polar surface area (TPSA) is 92.2 Å². The Morgan fingerprint density at radius 2 is 1.67 bits per heavy atom. The molecule has 0 bridgehead atoms. The molecule has 1 aliphatic rings. The summed E-state index contributed by atoms with van der Waals surface area (Å²) >= 11 is 0. The first-order chi connectivity index (χ1) is 20.7. The lowest BCUT2D eigenvalue weighted by atomic mass is 10.0. The van der Waals surface area contributed by atoms with Gasteiger partial charge in [-0.15, -0.1) is 5.10 Å². The van der Waals surface area contributed by atoms with E-state index in [1.54, 1.807) is 4.68 Å². The minimum Gasteiger partial charge on any atom is -0.467 e. The zero-order chi connectivity index (χ0) is 28.7. The molecule has 2 atom stereocenters. The van der Waals surface area contributed by atoms with Crippen LogP contribution in [0.25, 0.3) is 17.0 Å². The number of tetrazole rings is 1. The smallest absolute Gasteiger partial charge is 0.331 e. The summed E-state index contributed by atoms with van der Waals surface area (Å²) in [5.74, 6) is 0.254. The predicted molar refractivity (Wildman–Crippen MR) is 163 cm³/mol. The van der Waals surface area contributed by atoms with E-state index in [1.807, 2.05) is 48.7 Å². The molecule has 0 spiro atoms. The number of carbonyl (C=O) groups excluding carboxylic acids is 1. The second-order valence-corrected chi connectivity index (χ2v) is 10.5. The van der Waals surface area contributed by atoms with Crippen molar-refractivity contribution in [3.8, 4) is 0 Å². The molecular weight excluding hydrogens is 526 g/mol. The van der Waals surface area contributed by atoms with Crippen LogP contribution in [0.2, 0.25) is 0 Å². The van der Waals surface area contributed by atoms with Gasteiger partial charge < -0.3 is 9.72 Å². The van der Waals surface area contributed by atoms with Crippen LogP contribution < -0.4 is 0 Å². The normalized spacial score (nSPS) is 16.1.